The van der Waals surface area contributed by atoms with Crippen molar-refractivity contribution < 1.29 is 22.3 Å². The van der Waals surface area contributed by atoms with Crippen LogP contribution in [0.1, 0.15) is 35.3 Å². The van der Waals surface area contributed by atoms with E-state index in [0.29, 0.717) is 11.1 Å². The first-order valence-corrected chi connectivity index (χ1v) is 10.1. The van der Waals surface area contributed by atoms with E-state index in [-0.39, 0.29) is 29.7 Å². The molecular weight excluding hydrogens is 371 g/mol. The second-order valence-corrected chi connectivity index (χ2v) is 8.08. The van der Waals surface area contributed by atoms with Crippen molar-refractivity contribution in [2.75, 3.05) is 7.11 Å². The van der Waals surface area contributed by atoms with Gasteiger partial charge in [-0.15, -0.1) is 0 Å². The molecule has 146 valence electrons. The van der Waals surface area contributed by atoms with Crippen molar-refractivity contribution in [2.24, 2.45) is 0 Å². The maximum absolute atomic E-state index is 13.5. The zero-order chi connectivity index (χ0) is 20.0. The third-order valence-electron chi connectivity index (χ3n) is 3.72. The maximum Gasteiger partial charge on any atom is 0.255 e. The fraction of sp³-hybridized carbons (Fsp3) is 0.316. The molecule has 0 heterocycles. The number of nitrogens with one attached hydrogen (secondary N) is 2. The molecule has 0 radical (unpaired) electrons. The normalized spacial score (nSPS) is 11.4. The van der Waals surface area contributed by atoms with Crippen molar-refractivity contribution in [1.29, 1.82) is 0 Å². The number of hydrogen-bond donors (Lipinski definition) is 2. The first-order chi connectivity index (χ1) is 12.7. The Morgan fingerprint density at radius 3 is 2.44 bits per heavy atom. The van der Waals surface area contributed by atoms with Crippen molar-refractivity contribution in [3.05, 3.63) is 65.0 Å². The summed E-state index contributed by atoms with van der Waals surface area (Å²) in [7, 11) is -2.10. The Hall–Kier alpha value is -2.45. The summed E-state index contributed by atoms with van der Waals surface area (Å²) in [5.41, 5.74) is 1.32. The molecule has 0 fully saturated rings. The van der Waals surface area contributed by atoms with E-state index in [1.165, 1.54) is 19.2 Å². The van der Waals surface area contributed by atoms with E-state index in [1.807, 2.05) is 0 Å². The van der Waals surface area contributed by atoms with Crippen LogP contribution in [-0.2, 0) is 22.3 Å². The Kier molecular flexibility index (Phi) is 6.92. The maximum atomic E-state index is 13.5. The molecule has 2 N–H and O–H groups in total. The first kappa shape index (κ1) is 20.9. The molecular formula is C19H23FN2O4S. The predicted octanol–water partition coefficient (Wildman–Crippen LogP) is 2.59. The Bertz CT molecular complexity index is 914. The third kappa shape index (κ3) is 6.04. The van der Waals surface area contributed by atoms with Gasteiger partial charge in [-0.2, -0.15) is 0 Å². The van der Waals surface area contributed by atoms with Crippen LogP contribution in [0.2, 0.25) is 0 Å². The molecule has 2 aromatic carbocycles. The van der Waals surface area contributed by atoms with E-state index in [0.717, 1.165) is 6.07 Å². The number of rotatable bonds is 8. The Labute approximate surface area is 158 Å². The lowest BCUT2D eigenvalue weighted by Crippen LogP contribution is -2.32. The smallest absolute Gasteiger partial charge is 0.255 e. The molecule has 0 saturated heterocycles. The summed E-state index contributed by atoms with van der Waals surface area (Å²) in [6, 6.07) is 10.4. The minimum Gasteiger partial charge on any atom is -0.496 e. The van der Waals surface area contributed by atoms with Crippen molar-refractivity contribution in [2.45, 2.75) is 32.2 Å². The molecule has 1 amide bonds. The summed E-state index contributed by atoms with van der Waals surface area (Å²) >= 11 is 0. The van der Waals surface area contributed by atoms with Gasteiger partial charge in [-0.25, -0.2) is 17.5 Å². The second kappa shape index (κ2) is 8.96. The SMILES string of the molecule is COc1ccc(F)cc1C(=O)NCc1ccccc1CS(=O)(=O)NC(C)C. The number of halogens is 1. The van der Waals surface area contributed by atoms with Gasteiger partial charge in [0.25, 0.3) is 5.91 Å². The highest BCUT2D eigenvalue weighted by molar-refractivity contribution is 7.88. The van der Waals surface area contributed by atoms with Gasteiger partial charge >= 0.3 is 0 Å². The van der Waals surface area contributed by atoms with Gasteiger partial charge in [-0.1, -0.05) is 24.3 Å². The molecule has 8 heteroatoms. The minimum absolute atomic E-state index is 0.0732. The lowest BCUT2D eigenvalue weighted by Gasteiger charge is -2.14. The average Bonchev–Trinajstić information content (AvgIpc) is 2.59. The highest BCUT2D eigenvalue weighted by Gasteiger charge is 2.17. The highest BCUT2D eigenvalue weighted by Crippen LogP contribution is 2.19. The van der Waals surface area contributed by atoms with Crippen LogP contribution in [0, 0.1) is 5.82 Å². The number of carbonyl (C=O) groups excluding carboxylic acids is 1. The Morgan fingerprint density at radius 1 is 1.15 bits per heavy atom. The molecule has 0 bridgehead atoms. The lowest BCUT2D eigenvalue weighted by molar-refractivity contribution is 0.0947. The van der Waals surface area contributed by atoms with Crippen LogP contribution in [0.25, 0.3) is 0 Å². The topological polar surface area (TPSA) is 84.5 Å². The number of amides is 1. The van der Waals surface area contributed by atoms with Crippen LogP contribution in [-0.4, -0.2) is 27.5 Å². The second-order valence-electron chi connectivity index (χ2n) is 6.33. The summed E-state index contributed by atoms with van der Waals surface area (Å²) in [5, 5.41) is 2.68. The van der Waals surface area contributed by atoms with Gasteiger partial charge in [0.15, 0.2) is 0 Å². The molecule has 0 aromatic heterocycles. The number of benzene rings is 2. The monoisotopic (exact) mass is 394 g/mol. The van der Waals surface area contributed by atoms with Gasteiger partial charge in [-0.3, -0.25) is 4.79 Å². The quantitative estimate of drug-likeness (QED) is 0.721. The van der Waals surface area contributed by atoms with Crippen LogP contribution in [0.4, 0.5) is 4.39 Å². The molecule has 0 spiro atoms. The summed E-state index contributed by atoms with van der Waals surface area (Å²) in [5.74, 6) is -0.997. The van der Waals surface area contributed by atoms with Crippen LogP contribution >= 0.6 is 0 Å². The lowest BCUT2D eigenvalue weighted by atomic mass is 10.1. The standard InChI is InChI=1S/C19H23FN2O4S/c1-13(2)22-27(24,25)12-15-7-5-4-6-14(15)11-21-19(23)17-10-16(20)8-9-18(17)26-3/h4-10,13,22H,11-12H2,1-3H3,(H,21,23). The van der Waals surface area contributed by atoms with Crippen LogP contribution in [0.15, 0.2) is 42.5 Å². The Morgan fingerprint density at radius 2 is 1.81 bits per heavy atom. The van der Waals surface area contributed by atoms with Crippen LogP contribution < -0.4 is 14.8 Å². The number of methoxy groups -OCH3 is 1. The van der Waals surface area contributed by atoms with Crippen LogP contribution in [0.5, 0.6) is 5.75 Å². The van der Waals surface area contributed by atoms with E-state index in [1.54, 1.807) is 38.1 Å². The van der Waals surface area contributed by atoms with Gasteiger partial charge in [-0.05, 0) is 43.2 Å². The minimum atomic E-state index is -3.50. The van der Waals surface area contributed by atoms with Crippen molar-refractivity contribution in [3.63, 3.8) is 0 Å². The molecule has 0 aliphatic rings. The highest BCUT2D eigenvalue weighted by atomic mass is 32.2. The number of sulfonamides is 1. The van der Waals surface area contributed by atoms with Crippen molar-refractivity contribution in [3.8, 4) is 5.75 Å². The molecule has 0 aliphatic heterocycles. The number of carbonyl (C=O) groups is 1. The summed E-state index contributed by atoms with van der Waals surface area (Å²) in [6.45, 7) is 3.60. The summed E-state index contributed by atoms with van der Waals surface area (Å²) in [4.78, 5) is 12.4. The largest absolute Gasteiger partial charge is 0.496 e. The van der Waals surface area contributed by atoms with Gasteiger partial charge in [0.2, 0.25) is 10.0 Å². The van der Waals surface area contributed by atoms with Crippen molar-refractivity contribution in [1.82, 2.24) is 10.0 Å². The van der Waals surface area contributed by atoms with Gasteiger partial charge in [0.05, 0.1) is 18.4 Å². The Balaban J connectivity index is 2.15. The zero-order valence-corrected chi connectivity index (χ0v) is 16.3. The van der Waals surface area contributed by atoms with Gasteiger partial charge < -0.3 is 10.1 Å². The third-order valence-corrected chi connectivity index (χ3v) is 5.25. The fourth-order valence-electron chi connectivity index (χ4n) is 2.60. The summed E-state index contributed by atoms with van der Waals surface area (Å²) in [6.07, 6.45) is 0. The first-order valence-electron chi connectivity index (χ1n) is 8.40. The van der Waals surface area contributed by atoms with Gasteiger partial charge in [0.1, 0.15) is 11.6 Å². The number of ether oxygens (including phenoxy) is 1. The van der Waals surface area contributed by atoms with E-state index in [4.69, 9.17) is 4.74 Å². The molecule has 0 aliphatic carbocycles. The van der Waals surface area contributed by atoms with Crippen LogP contribution in [0.3, 0.4) is 0 Å². The molecule has 0 unspecified atom stereocenters. The molecule has 2 rings (SSSR count). The van der Waals surface area contributed by atoms with E-state index in [2.05, 4.69) is 10.0 Å². The van der Waals surface area contributed by atoms with E-state index in [9.17, 15) is 17.6 Å². The molecule has 0 saturated carbocycles. The molecule has 2 aromatic rings. The average molecular weight is 394 g/mol. The van der Waals surface area contributed by atoms with E-state index < -0.39 is 21.7 Å². The predicted molar refractivity (Wildman–Crippen MR) is 101 cm³/mol. The fourth-order valence-corrected chi connectivity index (χ4v) is 4.10. The zero-order valence-electron chi connectivity index (χ0n) is 15.5. The van der Waals surface area contributed by atoms with E-state index >= 15 is 0 Å². The molecule has 6 nitrogen and oxygen atoms in total. The van der Waals surface area contributed by atoms with Gasteiger partial charge in [0, 0.05) is 12.6 Å². The summed E-state index contributed by atoms with van der Waals surface area (Å²) < 4.78 is 45.4. The molecule has 0 atom stereocenters. The van der Waals surface area contributed by atoms with Crippen molar-refractivity contribution >= 4 is 15.9 Å². The number of hydrogen-bond acceptors (Lipinski definition) is 4. The molecule has 27 heavy (non-hydrogen) atoms.